The number of hydrogen-bond acceptors (Lipinski definition) is 4. The van der Waals surface area contributed by atoms with Crippen molar-refractivity contribution in [2.24, 2.45) is 0 Å². The van der Waals surface area contributed by atoms with Gasteiger partial charge in [0.05, 0.1) is 5.69 Å². The van der Waals surface area contributed by atoms with Crippen molar-refractivity contribution in [1.29, 1.82) is 0 Å². The molecule has 0 aliphatic rings. The first-order valence-corrected chi connectivity index (χ1v) is 8.91. The zero-order chi connectivity index (χ0) is 19.3. The molecule has 4 rings (SSSR count). The van der Waals surface area contributed by atoms with Gasteiger partial charge in [0.2, 0.25) is 0 Å². The van der Waals surface area contributed by atoms with Crippen LogP contribution in [0, 0.1) is 5.82 Å². The number of rotatable bonds is 5. The number of para-hydroxylation sites is 1. The molecule has 0 aliphatic heterocycles. The van der Waals surface area contributed by atoms with E-state index in [1.807, 2.05) is 36.4 Å². The quantitative estimate of drug-likeness (QED) is 0.579. The molecule has 0 aliphatic carbocycles. The van der Waals surface area contributed by atoms with Crippen molar-refractivity contribution in [3.05, 3.63) is 90.3 Å². The van der Waals surface area contributed by atoms with Gasteiger partial charge in [-0.25, -0.2) is 19.3 Å². The van der Waals surface area contributed by atoms with E-state index in [2.05, 4.69) is 20.3 Å². The van der Waals surface area contributed by atoms with E-state index >= 15 is 0 Å². The molecule has 0 radical (unpaired) electrons. The van der Waals surface area contributed by atoms with Crippen LogP contribution >= 0.6 is 0 Å². The molecular weight excluding hydrogens is 355 g/mol. The topological polar surface area (TPSA) is 67.8 Å². The van der Waals surface area contributed by atoms with Crippen molar-refractivity contribution >= 4 is 16.8 Å². The van der Waals surface area contributed by atoms with Gasteiger partial charge in [-0.2, -0.15) is 0 Å². The smallest absolute Gasteiger partial charge is 0.269 e. The Hall–Kier alpha value is -3.67. The Morgan fingerprint density at radius 3 is 2.64 bits per heavy atom. The molecule has 2 aromatic carbocycles. The molecule has 1 N–H and O–H groups in total. The summed E-state index contributed by atoms with van der Waals surface area (Å²) in [4.78, 5) is 25.3. The van der Waals surface area contributed by atoms with E-state index < -0.39 is 5.82 Å². The highest BCUT2D eigenvalue weighted by atomic mass is 19.1. The average molecular weight is 372 g/mol. The summed E-state index contributed by atoms with van der Waals surface area (Å²) >= 11 is 0. The molecule has 0 bridgehead atoms. The molecule has 2 heterocycles. The standard InChI is InChI=1S/C22H17FN4O/c23-17-8-4-7-16-9-10-19(27-21(16)17)22(28)25-14-12-20-24-13-11-18(26-20)15-5-2-1-3-6-15/h1-11,13H,12,14H2,(H,25,28). The number of aromatic nitrogens is 3. The Morgan fingerprint density at radius 1 is 0.929 bits per heavy atom. The van der Waals surface area contributed by atoms with Crippen LogP contribution < -0.4 is 5.32 Å². The van der Waals surface area contributed by atoms with Crippen LogP contribution in [0.5, 0.6) is 0 Å². The predicted molar refractivity (Wildman–Crippen MR) is 105 cm³/mol. The van der Waals surface area contributed by atoms with Crippen molar-refractivity contribution in [2.75, 3.05) is 6.54 Å². The third-order valence-electron chi connectivity index (χ3n) is 4.31. The summed E-state index contributed by atoms with van der Waals surface area (Å²) in [7, 11) is 0. The maximum atomic E-state index is 13.9. The van der Waals surface area contributed by atoms with Gasteiger partial charge < -0.3 is 5.32 Å². The lowest BCUT2D eigenvalue weighted by Crippen LogP contribution is -2.27. The number of carbonyl (C=O) groups excluding carboxylic acids is 1. The molecule has 4 aromatic rings. The predicted octanol–water partition coefficient (Wildman–Crippen LogP) is 3.80. The Balaban J connectivity index is 1.41. The summed E-state index contributed by atoms with van der Waals surface area (Å²) in [5, 5.41) is 3.44. The van der Waals surface area contributed by atoms with Crippen molar-refractivity contribution in [3.63, 3.8) is 0 Å². The molecule has 0 spiro atoms. The number of nitrogens with one attached hydrogen (secondary N) is 1. The Morgan fingerprint density at radius 2 is 1.79 bits per heavy atom. The average Bonchev–Trinajstić information content (AvgIpc) is 2.74. The second kappa shape index (κ2) is 7.92. The maximum Gasteiger partial charge on any atom is 0.269 e. The number of amides is 1. The molecule has 0 fully saturated rings. The lowest BCUT2D eigenvalue weighted by molar-refractivity contribution is 0.0949. The van der Waals surface area contributed by atoms with Gasteiger partial charge in [-0.05, 0) is 18.2 Å². The second-order valence-corrected chi connectivity index (χ2v) is 6.24. The molecule has 0 saturated carbocycles. The van der Waals surface area contributed by atoms with Crippen LogP contribution in [0.2, 0.25) is 0 Å². The summed E-state index contributed by atoms with van der Waals surface area (Å²) in [5.74, 6) is -0.165. The fraction of sp³-hybridized carbons (Fsp3) is 0.0909. The van der Waals surface area contributed by atoms with Crippen molar-refractivity contribution in [1.82, 2.24) is 20.3 Å². The molecule has 28 heavy (non-hydrogen) atoms. The van der Waals surface area contributed by atoms with Crippen molar-refractivity contribution in [2.45, 2.75) is 6.42 Å². The van der Waals surface area contributed by atoms with E-state index in [0.29, 0.717) is 24.2 Å². The lowest BCUT2D eigenvalue weighted by Gasteiger charge is -2.07. The van der Waals surface area contributed by atoms with E-state index in [0.717, 1.165) is 11.3 Å². The number of halogens is 1. The highest BCUT2D eigenvalue weighted by molar-refractivity contribution is 5.94. The van der Waals surface area contributed by atoms with Crippen LogP contribution in [0.25, 0.3) is 22.2 Å². The van der Waals surface area contributed by atoms with Crippen LogP contribution in [-0.4, -0.2) is 27.4 Å². The number of hydrogen-bond donors (Lipinski definition) is 1. The molecule has 0 atom stereocenters. The van der Waals surface area contributed by atoms with Gasteiger partial charge in [0.1, 0.15) is 22.9 Å². The molecule has 138 valence electrons. The summed E-state index contributed by atoms with van der Waals surface area (Å²) in [5.41, 5.74) is 2.21. The second-order valence-electron chi connectivity index (χ2n) is 6.24. The van der Waals surface area contributed by atoms with Gasteiger partial charge in [0.15, 0.2) is 0 Å². The van der Waals surface area contributed by atoms with Gasteiger partial charge in [-0.15, -0.1) is 0 Å². The Bertz CT molecular complexity index is 1130. The number of fused-ring (bicyclic) bond motifs is 1. The normalized spacial score (nSPS) is 10.8. The van der Waals surface area contributed by atoms with Crippen LogP contribution in [0.1, 0.15) is 16.3 Å². The SMILES string of the molecule is O=C(NCCc1nccc(-c2ccccc2)n1)c1ccc2cccc(F)c2n1. The molecule has 0 saturated heterocycles. The third kappa shape index (κ3) is 3.86. The first kappa shape index (κ1) is 17.7. The highest BCUT2D eigenvalue weighted by Gasteiger charge is 2.10. The first-order chi connectivity index (χ1) is 13.7. The van der Waals surface area contributed by atoms with Gasteiger partial charge >= 0.3 is 0 Å². The minimum absolute atomic E-state index is 0.177. The third-order valence-corrected chi connectivity index (χ3v) is 4.31. The Kier molecular flexibility index (Phi) is 5.01. The fourth-order valence-electron chi connectivity index (χ4n) is 2.90. The summed E-state index contributed by atoms with van der Waals surface area (Å²) in [6.07, 6.45) is 2.19. The van der Waals surface area contributed by atoms with Gasteiger partial charge in [0.25, 0.3) is 5.91 Å². The molecule has 1 amide bonds. The zero-order valence-corrected chi connectivity index (χ0v) is 15.0. The Labute approximate surface area is 161 Å². The van der Waals surface area contributed by atoms with Crippen molar-refractivity contribution < 1.29 is 9.18 Å². The van der Waals surface area contributed by atoms with E-state index in [1.165, 1.54) is 6.07 Å². The highest BCUT2D eigenvalue weighted by Crippen LogP contribution is 2.16. The van der Waals surface area contributed by atoms with Crippen LogP contribution in [-0.2, 0) is 6.42 Å². The van der Waals surface area contributed by atoms with Gasteiger partial charge in [-0.1, -0.05) is 48.5 Å². The number of nitrogens with zero attached hydrogens (tertiary/aromatic N) is 3. The van der Waals surface area contributed by atoms with Crippen LogP contribution in [0.4, 0.5) is 4.39 Å². The molecular formula is C22H17FN4O. The molecule has 2 aromatic heterocycles. The van der Waals surface area contributed by atoms with E-state index in [4.69, 9.17) is 0 Å². The van der Waals surface area contributed by atoms with Crippen LogP contribution in [0.3, 0.4) is 0 Å². The summed E-state index contributed by atoms with van der Waals surface area (Å²) < 4.78 is 13.9. The van der Waals surface area contributed by atoms with Gasteiger partial charge in [0, 0.05) is 30.1 Å². The first-order valence-electron chi connectivity index (χ1n) is 8.91. The fourth-order valence-corrected chi connectivity index (χ4v) is 2.90. The summed E-state index contributed by atoms with van der Waals surface area (Å²) in [6.45, 7) is 0.355. The monoisotopic (exact) mass is 372 g/mol. The van der Waals surface area contributed by atoms with Gasteiger partial charge in [-0.3, -0.25) is 4.79 Å². The van der Waals surface area contributed by atoms with E-state index in [1.54, 1.807) is 30.5 Å². The van der Waals surface area contributed by atoms with E-state index in [-0.39, 0.29) is 17.1 Å². The minimum atomic E-state index is -0.446. The molecule has 6 heteroatoms. The maximum absolute atomic E-state index is 13.9. The molecule has 0 unspecified atom stereocenters. The number of carbonyl (C=O) groups is 1. The lowest BCUT2D eigenvalue weighted by atomic mass is 10.1. The minimum Gasteiger partial charge on any atom is -0.350 e. The molecule has 5 nitrogen and oxygen atoms in total. The van der Waals surface area contributed by atoms with Crippen molar-refractivity contribution in [3.8, 4) is 11.3 Å². The van der Waals surface area contributed by atoms with Crippen LogP contribution in [0.15, 0.2) is 72.9 Å². The van der Waals surface area contributed by atoms with E-state index in [9.17, 15) is 9.18 Å². The number of pyridine rings is 1. The largest absolute Gasteiger partial charge is 0.350 e. The summed E-state index contributed by atoms with van der Waals surface area (Å²) in [6, 6.07) is 19.7. The number of benzene rings is 2. The zero-order valence-electron chi connectivity index (χ0n) is 15.0.